The predicted molar refractivity (Wildman–Crippen MR) is 71.6 cm³/mol. The molecule has 0 radical (unpaired) electrons. The van der Waals surface area contributed by atoms with Gasteiger partial charge in [-0.15, -0.1) is 0 Å². The summed E-state index contributed by atoms with van der Waals surface area (Å²) in [6.45, 7) is 2.84. The smallest absolute Gasteiger partial charge is 0.324 e. The highest BCUT2D eigenvalue weighted by atomic mass is 32.2. The Bertz CT molecular complexity index is 624. The first-order valence-electron chi connectivity index (χ1n) is 5.79. The van der Waals surface area contributed by atoms with Gasteiger partial charge in [-0.1, -0.05) is 6.92 Å². The average Bonchev–Trinajstić information content (AvgIpc) is 2.38. The van der Waals surface area contributed by atoms with Gasteiger partial charge in [0.1, 0.15) is 5.54 Å². The number of primary amides is 1. The van der Waals surface area contributed by atoms with Crippen LogP contribution in [0.4, 0.5) is 0 Å². The van der Waals surface area contributed by atoms with Crippen molar-refractivity contribution in [1.29, 1.82) is 0 Å². The van der Waals surface area contributed by atoms with Gasteiger partial charge in [0.15, 0.2) is 0 Å². The molecule has 1 atom stereocenters. The van der Waals surface area contributed by atoms with E-state index in [2.05, 4.69) is 4.72 Å². The number of benzene rings is 1. The molecule has 1 unspecified atom stereocenters. The van der Waals surface area contributed by atoms with Crippen molar-refractivity contribution in [3.05, 3.63) is 29.8 Å². The first kappa shape index (κ1) is 16.1. The molecule has 0 heterocycles. The number of nitrogens with one attached hydrogen (secondary N) is 1. The van der Waals surface area contributed by atoms with E-state index in [4.69, 9.17) is 10.8 Å². The van der Waals surface area contributed by atoms with Crippen LogP contribution in [0.25, 0.3) is 0 Å². The molecule has 1 rings (SSSR count). The normalized spacial score (nSPS) is 14.5. The Morgan fingerprint density at radius 2 is 1.80 bits per heavy atom. The summed E-state index contributed by atoms with van der Waals surface area (Å²) in [5.74, 6) is -1.94. The van der Waals surface area contributed by atoms with Gasteiger partial charge in [0.2, 0.25) is 15.9 Å². The van der Waals surface area contributed by atoms with Crippen LogP contribution in [-0.4, -0.2) is 30.9 Å². The maximum absolute atomic E-state index is 12.1. The van der Waals surface area contributed by atoms with E-state index in [0.29, 0.717) is 0 Å². The monoisotopic (exact) mass is 300 g/mol. The standard InChI is InChI=1S/C12H16N2O5S/c1-3-12(2,11(16)17)14-20(18,19)9-6-4-8(5-7-9)10(13)15/h4-7,14H,3H2,1-2H3,(H2,13,15)(H,16,17). The number of carbonyl (C=O) groups is 2. The number of carboxylic acid groups (broad SMARTS) is 1. The van der Waals surface area contributed by atoms with Crippen molar-refractivity contribution in [3.63, 3.8) is 0 Å². The topological polar surface area (TPSA) is 127 Å². The summed E-state index contributed by atoms with van der Waals surface area (Å²) in [6, 6.07) is 4.92. The molecule has 0 saturated carbocycles. The minimum atomic E-state index is -4.00. The average molecular weight is 300 g/mol. The lowest BCUT2D eigenvalue weighted by Gasteiger charge is -2.24. The number of hydrogen-bond donors (Lipinski definition) is 3. The van der Waals surface area contributed by atoms with E-state index in [9.17, 15) is 18.0 Å². The Morgan fingerprint density at radius 3 is 2.15 bits per heavy atom. The molecule has 4 N–H and O–H groups in total. The van der Waals surface area contributed by atoms with Gasteiger partial charge in [0.25, 0.3) is 0 Å². The predicted octanol–water partition coefficient (Wildman–Crippen LogP) is 0.317. The van der Waals surface area contributed by atoms with Crippen molar-refractivity contribution in [2.24, 2.45) is 5.73 Å². The zero-order valence-electron chi connectivity index (χ0n) is 11.1. The van der Waals surface area contributed by atoms with Crippen molar-refractivity contribution >= 4 is 21.9 Å². The van der Waals surface area contributed by atoms with Gasteiger partial charge in [0.05, 0.1) is 4.90 Å². The lowest BCUT2D eigenvalue weighted by molar-refractivity contribution is -0.143. The Kier molecular flexibility index (Phi) is 4.51. The van der Waals surface area contributed by atoms with Crippen LogP contribution in [0, 0.1) is 0 Å². The van der Waals surface area contributed by atoms with Crippen LogP contribution in [0.2, 0.25) is 0 Å². The molecular formula is C12H16N2O5S. The molecule has 8 heteroatoms. The second-order valence-electron chi connectivity index (χ2n) is 4.48. The first-order chi connectivity index (χ1) is 9.12. The highest BCUT2D eigenvalue weighted by Gasteiger charge is 2.36. The number of nitrogens with two attached hydrogens (primary N) is 1. The Morgan fingerprint density at radius 1 is 1.30 bits per heavy atom. The fourth-order valence-electron chi connectivity index (χ4n) is 1.42. The fourth-order valence-corrected chi connectivity index (χ4v) is 2.86. The van der Waals surface area contributed by atoms with Gasteiger partial charge in [-0.05, 0) is 37.6 Å². The summed E-state index contributed by atoms with van der Waals surface area (Å²) < 4.78 is 26.3. The third-order valence-corrected chi connectivity index (χ3v) is 4.60. The number of carbonyl (C=O) groups excluding carboxylic acids is 1. The van der Waals surface area contributed by atoms with E-state index < -0.39 is 27.4 Å². The van der Waals surface area contributed by atoms with Gasteiger partial charge in [0, 0.05) is 5.56 Å². The van der Waals surface area contributed by atoms with Crippen LogP contribution >= 0.6 is 0 Å². The zero-order chi connectivity index (χ0) is 15.6. The summed E-state index contributed by atoms with van der Waals surface area (Å²) >= 11 is 0. The highest BCUT2D eigenvalue weighted by Crippen LogP contribution is 2.17. The van der Waals surface area contributed by atoms with E-state index in [1.165, 1.54) is 31.2 Å². The van der Waals surface area contributed by atoms with Gasteiger partial charge in [-0.3, -0.25) is 9.59 Å². The number of hydrogen-bond acceptors (Lipinski definition) is 4. The van der Waals surface area contributed by atoms with Crippen molar-refractivity contribution < 1.29 is 23.1 Å². The van der Waals surface area contributed by atoms with Crippen LogP contribution in [-0.2, 0) is 14.8 Å². The molecule has 20 heavy (non-hydrogen) atoms. The van der Waals surface area contributed by atoms with Crippen molar-refractivity contribution in [3.8, 4) is 0 Å². The molecule has 110 valence electrons. The number of sulfonamides is 1. The van der Waals surface area contributed by atoms with Crippen LogP contribution in [0.3, 0.4) is 0 Å². The quantitative estimate of drug-likeness (QED) is 0.697. The molecule has 0 saturated heterocycles. The summed E-state index contributed by atoms with van der Waals surface area (Å²) in [6.07, 6.45) is 0.0843. The number of carboxylic acids is 1. The molecule has 1 amide bonds. The van der Waals surface area contributed by atoms with E-state index in [-0.39, 0.29) is 16.9 Å². The first-order valence-corrected chi connectivity index (χ1v) is 7.28. The van der Waals surface area contributed by atoms with E-state index in [1.807, 2.05) is 0 Å². The largest absolute Gasteiger partial charge is 0.480 e. The lowest BCUT2D eigenvalue weighted by Crippen LogP contribution is -2.51. The third kappa shape index (κ3) is 3.34. The second-order valence-corrected chi connectivity index (χ2v) is 6.17. The second kappa shape index (κ2) is 5.59. The van der Waals surface area contributed by atoms with Gasteiger partial charge < -0.3 is 10.8 Å². The Balaban J connectivity index is 3.11. The molecular weight excluding hydrogens is 284 g/mol. The van der Waals surface area contributed by atoms with E-state index in [0.717, 1.165) is 0 Å². The molecule has 1 aromatic carbocycles. The van der Waals surface area contributed by atoms with Crippen LogP contribution < -0.4 is 10.5 Å². The van der Waals surface area contributed by atoms with Gasteiger partial charge >= 0.3 is 5.97 Å². The van der Waals surface area contributed by atoms with Crippen molar-refractivity contribution in [1.82, 2.24) is 4.72 Å². The Labute approximate surface area is 116 Å². The van der Waals surface area contributed by atoms with Crippen LogP contribution in [0.5, 0.6) is 0 Å². The summed E-state index contributed by atoms with van der Waals surface area (Å²) in [5, 5.41) is 9.07. The molecule has 0 aliphatic carbocycles. The lowest BCUT2D eigenvalue weighted by atomic mass is 10.0. The SMILES string of the molecule is CCC(C)(NS(=O)(=O)c1ccc(C(N)=O)cc1)C(=O)O. The molecule has 1 aromatic rings. The molecule has 0 aliphatic heterocycles. The van der Waals surface area contributed by atoms with Gasteiger partial charge in [-0.25, -0.2) is 8.42 Å². The molecule has 0 aliphatic rings. The van der Waals surface area contributed by atoms with Crippen LogP contribution in [0.15, 0.2) is 29.2 Å². The summed E-state index contributed by atoms with van der Waals surface area (Å²) in [7, 11) is -4.00. The highest BCUT2D eigenvalue weighted by molar-refractivity contribution is 7.89. The molecule has 0 fully saturated rings. The molecule has 0 aromatic heterocycles. The number of aliphatic carboxylic acids is 1. The third-order valence-electron chi connectivity index (χ3n) is 2.99. The van der Waals surface area contributed by atoms with Crippen molar-refractivity contribution in [2.45, 2.75) is 30.7 Å². The maximum Gasteiger partial charge on any atom is 0.324 e. The summed E-state index contributed by atoms with van der Waals surface area (Å²) in [4.78, 5) is 21.9. The van der Waals surface area contributed by atoms with Crippen LogP contribution in [0.1, 0.15) is 30.6 Å². The molecule has 0 spiro atoms. The summed E-state index contributed by atoms with van der Waals surface area (Å²) in [5.41, 5.74) is 3.63. The fraction of sp³-hybridized carbons (Fsp3) is 0.333. The maximum atomic E-state index is 12.1. The van der Waals surface area contributed by atoms with Crippen molar-refractivity contribution in [2.75, 3.05) is 0 Å². The number of amides is 1. The van der Waals surface area contributed by atoms with E-state index in [1.54, 1.807) is 6.92 Å². The zero-order valence-corrected chi connectivity index (χ0v) is 11.9. The molecule has 7 nitrogen and oxygen atoms in total. The Hall–Kier alpha value is -1.93. The number of rotatable bonds is 6. The van der Waals surface area contributed by atoms with E-state index >= 15 is 0 Å². The van der Waals surface area contributed by atoms with Gasteiger partial charge in [-0.2, -0.15) is 4.72 Å². The molecule has 0 bridgehead atoms. The minimum Gasteiger partial charge on any atom is -0.480 e. The minimum absolute atomic E-state index is 0.0843.